The van der Waals surface area contributed by atoms with E-state index in [-0.39, 0.29) is 34.5 Å². The van der Waals surface area contributed by atoms with E-state index in [1.165, 1.54) is 17.0 Å². The maximum Gasteiger partial charge on any atom is 0.305 e. The zero-order valence-corrected chi connectivity index (χ0v) is 15.8. The van der Waals surface area contributed by atoms with Crippen molar-refractivity contribution in [3.8, 4) is 0 Å². The molecule has 8 nitrogen and oxygen atoms in total. The van der Waals surface area contributed by atoms with E-state index in [4.69, 9.17) is 28.3 Å². The van der Waals surface area contributed by atoms with E-state index in [1.54, 1.807) is 6.07 Å². The first-order chi connectivity index (χ1) is 12.8. The van der Waals surface area contributed by atoms with Gasteiger partial charge >= 0.3 is 5.97 Å². The lowest BCUT2D eigenvalue weighted by molar-refractivity contribution is -0.138. The number of carboxylic acid groups (broad SMARTS) is 1. The summed E-state index contributed by atoms with van der Waals surface area (Å²) in [6.45, 7) is 0.168. The monoisotopic (exact) mass is 415 g/mol. The van der Waals surface area contributed by atoms with Crippen LogP contribution in [-0.2, 0) is 14.4 Å². The quantitative estimate of drug-likeness (QED) is 0.551. The first-order valence-corrected chi connectivity index (χ1v) is 9.04. The first kappa shape index (κ1) is 21.1. The highest BCUT2D eigenvalue weighted by molar-refractivity contribution is 6.39. The highest BCUT2D eigenvalue weighted by Gasteiger charge is 2.31. The van der Waals surface area contributed by atoms with Gasteiger partial charge in [0.15, 0.2) is 0 Å². The Morgan fingerprint density at radius 2 is 1.96 bits per heavy atom. The van der Waals surface area contributed by atoms with Crippen LogP contribution in [0.1, 0.15) is 29.6 Å². The molecule has 3 N–H and O–H groups in total. The zero-order valence-electron chi connectivity index (χ0n) is 14.3. The van der Waals surface area contributed by atoms with Gasteiger partial charge in [-0.1, -0.05) is 29.3 Å². The van der Waals surface area contributed by atoms with Crippen molar-refractivity contribution in [1.82, 2.24) is 15.5 Å². The summed E-state index contributed by atoms with van der Waals surface area (Å²) in [4.78, 5) is 48.0. The van der Waals surface area contributed by atoms with Crippen LogP contribution in [0.3, 0.4) is 0 Å². The predicted molar refractivity (Wildman–Crippen MR) is 98.8 cm³/mol. The van der Waals surface area contributed by atoms with Crippen molar-refractivity contribution in [3.05, 3.63) is 33.8 Å². The van der Waals surface area contributed by atoms with Gasteiger partial charge in [0.25, 0.3) is 5.91 Å². The predicted octanol–water partition coefficient (Wildman–Crippen LogP) is 1.30. The minimum Gasteiger partial charge on any atom is -0.481 e. The van der Waals surface area contributed by atoms with Crippen LogP contribution in [0.5, 0.6) is 0 Å². The van der Waals surface area contributed by atoms with E-state index in [1.807, 2.05) is 0 Å². The summed E-state index contributed by atoms with van der Waals surface area (Å²) in [6, 6.07) is 3.75. The van der Waals surface area contributed by atoms with Crippen LogP contribution >= 0.6 is 23.2 Å². The molecule has 0 spiro atoms. The van der Waals surface area contributed by atoms with Gasteiger partial charge in [-0.05, 0) is 25.0 Å². The molecule has 1 aliphatic heterocycles. The number of aliphatic carboxylic acids is 1. The van der Waals surface area contributed by atoms with Crippen molar-refractivity contribution in [2.45, 2.75) is 31.5 Å². The minimum atomic E-state index is -1.11. The number of carbonyl (C=O) groups is 4. The molecule has 146 valence electrons. The fourth-order valence-electron chi connectivity index (χ4n) is 2.88. The number of nitrogens with one attached hydrogen (secondary N) is 2. The van der Waals surface area contributed by atoms with E-state index in [9.17, 15) is 19.2 Å². The largest absolute Gasteiger partial charge is 0.481 e. The summed E-state index contributed by atoms with van der Waals surface area (Å²) >= 11 is 11.9. The average molecular weight is 416 g/mol. The third-order valence-corrected chi connectivity index (χ3v) is 4.76. The second kappa shape index (κ2) is 9.68. The number of carboxylic acids is 1. The Balaban J connectivity index is 1.95. The molecule has 2 atom stereocenters. The summed E-state index contributed by atoms with van der Waals surface area (Å²) in [5.41, 5.74) is 0.0900. The Kier molecular flexibility index (Phi) is 7.58. The van der Waals surface area contributed by atoms with Crippen LogP contribution in [0.2, 0.25) is 10.0 Å². The Bertz CT molecular complexity index is 723. The normalized spacial score (nSPS) is 17.4. The van der Waals surface area contributed by atoms with Crippen LogP contribution in [0.4, 0.5) is 0 Å². The molecule has 2 amide bonds. The smallest absolute Gasteiger partial charge is 0.305 e. The lowest BCUT2D eigenvalue weighted by Gasteiger charge is -2.27. The number of halogens is 2. The van der Waals surface area contributed by atoms with Crippen LogP contribution in [-0.4, -0.2) is 59.4 Å². The molecule has 1 unspecified atom stereocenters. The molecular formula is C17H19Cl2N3O5. The standard InChI is InChI=1S/C17H19Cl2N3O5/c18-11-3-1-4-12(19)16(11)17(27)20-8-14(24)22-6-2-5-13(22)21-10(9-23)7-15(25)26/h1,3-4,9-10,13,21H,2,5-8H2,(H,20,27)(H,25,26)/t10-,13?/m0/s1. The van der Waals surface area contributed by atoms with E-state index >= 15 is 0 Å². The Morgan fingerprint density at radius 3 is 2.56 bits per heavy atom. The van der Waals surface area contributed by atoms with Gasteiger partial charge in [0, 0.05) is 6.54 Å². The highest BCUT2D eigenvalue weighted by atomic mass is 35.5. The van der Waals surface area contributed by atoms with E-state index in [0.29, 0.717) is 25.7 Å². The minimum absolute atomic E-state index is 0.0900. The van der Waals surface area contributed by atoms with Crippen molar-refractivity contribution < 1.29 is 24.3 Å². The van der Waals surface area contributed by atoms with Gasteiger partial charge in [0.2, 0.25) is 5.91 Å². The van der Waals surface area contributed by atoms with Gasteiger partial charge in [-0.2, -0.15) is 0 Å². The molecule has 1 aromatic rings. The molecule has 2 rings (SSSR count). The zero-order chi connectivity index (χ0) is 20.0. The number of carbonyl (C=O) groups excluding carboxylic acids is 3. The van der Waals surface area contributed by atoms with E-state index in [2.05, 4.69) is 10.6 Å². The number of nitrogens with zero attached hydrogens (tertiary/aromatic N) is 1. The highest BCUT2D eigenvalue weighted by Crippen LogP contribution is 2.24. The third-order valence-electron chi connectivity index (χ3n) is 4.13. The second-order valence-corrected chi connectivity index (χ2v) is 6.85. The van der Waals surface area contributed by atoms with Gasteiger partial charge in [-0.25, -0.2) is 0 Å². The van der Waals surface area contributed by atoms with Crippen molar-refractivity contribution in [2.24, 2.45) is 0 Å². The number of rotatable bonds is 8. The molecule has 1 fully saturated rings. The van der Waals surface area contributed by atoms with Gasteiger partial charge in [-0.15, -0.1) is 0 Å². The number of amides is 2. The maximum atomic E-state index is 12.5. The molecule has 0 aliphatic carbocycles. The number of hydrogen-bond donors (Lipinski definition) is 3. The molecule has 1 saturated heterocycles. The average Bonchev–Trinajstić information content (AvgIpc) is 3.06. The fourth-order valence-corrected chi connectivity index (χ4v) is 3.45. The lowest BCUT2D eigenvalue weighted by Crippen LogP contribution is -2.51. The van der Waals surface area contributed by atoms with Crippen LogP contribution < -0.4 is 10.6 Å². The lowest BCUT2D eigenvalue weighted by atomic mass is 10.2. The third kappa shape index (κ3) is 5.66. The Morgan fingerprint density at radius 1 is 1.30 bits per heavy atom. The Hall–Kier alpha value is -2.16. The SMILES string of the molecule is O=C[C@H](CC(=O)O)NC1CCCN1C(=O)CNC(=O)c1c(Cl)cccc1Cl. The van der Waals surface area contributed by atoms with Gasteiger partial charge in [0.1, 0.15) is 6.29 Å². The fraction of sp³-hybridized carbons (Fsp3) is 0.412. The van der Waals surface area contributed by atoms with Crippen molar-refractivity contribution in [2.75, 3.05) is 13.1 Å². The Labute approximate surface area is 165 Å². The molecule has 0 bridgehead atoms. The van der Waals surface area contributed by atoms with Crippen LogP contribution in [0, 0.1) is 0 Å². The summed E-state index contributed by atoms with van der Waals surface area (Å²) in [7, 11) is 0. The van der Waals surface area contributed by atoms with Crippen LogP contribution in [0.15, 0.2) is 18.2 Å². The summed E-state index contributed by atoms with van der Waals surface area (Å²) in [5, 5.41) is 14.5. The van der Waals surface area contributed by atoms with Crippen molar-refractivity contribution in [3.63, 3.8) is 0 Å². The molecule has 0 radical (unpaired) electrons. The summed E-state index contributed by atoms with van der Waals surface area (Å²) < 4.78 is 0. The van der Waals surface area contributed by atoms with Crippen molar-refractivity contribution >= 4 is 47.3 Å². The van der Waals surface area contributed by atoms with Gasteiger partial charge < -0.3 is 20.1 Å². The molecule has 27 heavy (non-hydrogen) atoms. The molecule has 10 heteroatoms. The molecule has 1 aromatic carbocycles. The maximum absolute atomic E-state index is 12.5. The first-order valence-electron chi connectivity index (χ1n) is 8.28. The molecule has 0 saturated carbocycles. The second-order valence-electron chi connectivity index (χ2n) is 6.03. The number of hydrogen-bond acceptors (Lipinski definition) is 5. The number of likely N-dealkylation sites (tertiary alicyclic amines) is 1. The van der Waals surface area contributed by atoms with E-state index < -0.39 is 24.1 Å². The molecule has 1 aliphatic rings. The summed E-state index contributed by atoms with van der Waals surface area (Å²) in [5.74, 6) is -2.04. The number of benzene rings is 1. The van der Waals surface area contributed by atoms with Gasteiger partial charge in [-0.3, -0.25) is 19.7 Å². The van der Waals surface area contributed by atoms with Crippen LogP contribution in [0.25, 0.3) is 0 Å². The molecule has 1 heterocycles. The number of aldehydes is 1. The van der Waals surface area contributed by atoms with E-state index in [0.717, 1.165) is 0 Å². The molecule has 0 aromatic heterocycles. The topological polar surface area (TPSA) is 116 Å². The van der Waals surface area contributed by atoms with Crippen molar-refractivity contribution in [1.29, 1.82) is 0 Å². The summed E-state index contributed by atoms with van der Waals surface area (Å²) in [6.07, 6.45) is 0.958. The van der Waals surface area contributed by atoms with Gasteiger partial charge in [0.05, 0.1) is 40.8 Å². The molecular weight excluding hydrogens is 397 g/mol.